The van der Waals surface area contributed by atoms with E-state index in [-0.39, 0.29) is 11.9 Å². The Labute approximate surface area is 152 Å². The second-order valence-electron chi connectivity index (χ2n) is 7.33. The van der Waals surface area contributed by atoms with E-state index >= 15 is 0 Å². The molecule has 2 aliphatic rings. The van der Waals surface area contributed by atoms with Crippen molar-refractivity contribution in [3.8, 4) is 5.75 Å². The Kier molecular flexibility index (Phi) is 4.69. The van der Waals surface area contributed by atoms with Gasteiger partial charge in [0.05, 0.1) is 11.9 Å². The number of carbonyl (C=O) groups excluding carboxylic acids is 2. The molecule has 1 heterocycles. The van der Waals surface area contributed by atoms with Crippen LogP contribution >= 0.6 is 0 Å². The van der Waals surface area contributed by atoms with Gasteiger partial charge in [-0.15, -0.1) is 0 Å². The molecule has 0 saturated heterocycles. The van der Waals surface area contributed by atoms with Gasteiger partial charge in [-0.2, -0.15) is 0 Å². The number of ether oxygens (including phenoxy) is 1. The third kappa shape index (κ3) is 3.77. The molecule has 2 saturated carbocycles. The monoisotopic (exact) mass is 350 g/mol. The van der Waals surface area contributed by atoms with E-state index in [1.54, 1.807) is 48.8 Å². The van der Waals surface area contributed by atoms with Crippen LogP contribution in [0.5, 0.6) is 5.75 Å². The van der Waals surface area contributed by atoms with Gasteiger partial charge in [-0.05, 0) is 73.4 Å². The molecule has 1 aromatic heterocycles. The summed E-state index contributed by atoms with van der Waals surface area (Å²) in [5, 5.41) is 2.77. The largest absolute Gasteiger partial charge is 0.427 e. The fraction of sp³-hybridized carbons (Fsp3) is 0.381. The molecular formula is C21H22N2O3. The number of anilines is 1. The molecule has 5 nitrogen and oxygen atoms in total. The molecule has 1 amide bonds. The molecule has 26 heavy (non-hydrogen) atoms. The second kappa shape index (κ2) is 7.28. The van der Waals surface area contributed by atoms with Crippen molar-refractivity contribution in [2.24, 2.45) is 17.8 Å². The molecule has 2 bridgehead atoms. The van der Waals surface area contributed by atoms with Crippen LogP contribution in [0, 0.1) is 17.8 Å². The van der Waals surface area contributed by atoms with Crippen LogP contribution in [-0.4, -0.2) is 16.9 Å². The average molecular weight is 350 g/mol. The number of nitrogens with one attached hydrogen (secondary N) is 1. The van der Waals surface area contributed by atoms with Crippen LogP contribution in [0.3, 0.4) is 0 Å². The number of pyridine rings is 1. The minimum absolute atomic E-state index is 0.171. The first-order chi connectivity index (χ1) is 12.7. The van der Waals surface area contributed by atoms with E-state index in [0.717, 1.165) is 5.92 Å². The van der Waals surface area contributed by atoms with E-state index in [9.17, 15) is 9.59 Å². The molecular weight excluding hydrogens is 328 g/mol. The second-order valence-corrected chi connectivity index (χ2v) is 7.33. The first-order valence-electron chi connectivity index (χ1n) is 9.19. The number of aromatic nitrogens is 1. The van der Waals surface area contributed by atoms with Crippen molar-refractivity contribution >= 4 is 17.6 Å². The summed E-state index contributed by atoms with van der Waals surface area (Å²) in [6.45, 7) is 0. The number of esters is 1. The maximum absolute atomic E-state index is 12.2. The lowest BCUT2D eigenvalue weighted by molar-refractivity contribution is -0.135. The van der Waals surface area contributed by atoms with Crippen LogP contribution < -0.4 is 10.1 Å². The number of fused-ring (bicyclic) bond motifs is 2. The minimum Gasteiger partial charge on any atom is -0.427 e. The highest BCUT2D eigenvalue weighted by molar-refractivity contribution is 6.04. The van der Waals surface area contributed by atoms with Crippen LogP contribution in [0.15, 0.2) is 48.8 Å². The molecule has 2 fully saturated rings. The van der Waals surface area contributed by atoms with E-state index in [0.29, 0.717) is 35.3 Å². The van der Waals surface area contributed by atoms with E-state index in [4.69, 9.17) is 4.74 Å². The normalized spacial score (nSPS) is 23.6. The Balaban J connectivity index is 1.31. The number of benzene rings is 1. The van der Waals surface area contributed by atoms with Crippen molar-refractivity contribution in [3.05, 3.63) is 54.4 Å². The third-order valence-electron chi connectivity index (χ3n) is 5.58. The summed E-state index contributed by atoms with van der Waals surface area (Å²) in [6.07, 6.45) is 8.80. The van der Waals surface area contributed by atoms with Crippen molar-refractivity contribution < 1.29 is 14.3 Å². The van der Waals surface area contributed by atoms with Gasteiger partial charge in [0, 0.05) is 18.2 Å². The van der Waals surface area contributed by atoms with Crippen LogP contribution in [-0.2, 0) is 4.79 Å². The van der Waals surface area contributed by atoms with E-state index in [1.165, 1.54) is 25.7 Å². The van der Waals surface area contributed by atoms with Crippen LogP contribution in [0.25, 0.3) is 0 Å². The maximum Gasteiger partial charge on any atom is 0.311 e. The first kappa shape index (κ1) is 16.8. The molecule has 134 valence electrons. The van der Waals surface area contributed by atoms with E-state index in [1.807, 2.05) is 0 Å². The number of hydrogen-bond donors (Lipinski definition) is 1. The first-order valence-corrected chi connectivity index (χ1v) is 9.19. The van der Waals surface area contributed by atoms with E-state index < -0.39 is 0 Å². The van der Waals surface area contributed by atoms with Crippen molar-refractivity contribution in [1.82, 2.24) is 4.98 Å². The van der Waals surface area contributed by atoms with Gasteiger partial charge in [0.25, 0.3) is 5.91 Å². The lowest BCUT2D eigenvalue weighted by atomic mass is 9.86. The van der Waals surface area contributed by atoms with Gasteiger partial charge in [-0.1, -0.05) is 6.42 Å². The highest BCUT2D eigenvalue weighted by atomic mass is 16.5. The predicted molar refractivity (Wildman–Crippen MR) is 97.8 cm³/mol. The van der Waals surface area contributed by atoms with E-state index in [2.05, 4.69) is 10.3 Å². The van der Waals surface area contributed by atoms with Crippen molar-refractivity contribution in [1.29, 1.82) is 0 Å². The fourth-order valence-corrected chi connectivity index (χ4v) is 4.33. The summed E-state index contributed by atoms with van der Waals surface area (Å²) < 4.78 is 5.46. The maximum atomic E-state index is 12.2. The smallest absolute Gasteiger partial charge is 0.311 e. The topological polar surface area (TPSA) is 68.3 Å². The fourth-order valence-electron chi connectivity index (χ4n) is 4.33. The molecule has 0 radical (unpaired) electrons. The Morgan fingerprint density at radius 1 is 1.12 bits per heavy atom. The summed E-state index contributed by atoms with van der Waals surface area (Å²) in [5.41, 5.74) is 1.14. The molecule has 1 aromatic carbocycles. The Morgan fingerprint density at radius 2 is 1.96 bits per heavy atom. The van der Waals surface area contributed by atoms with Crippen LogP contribution in [0.4, 0.5) is 5.69 Å². The van der Waals surface area contributed by atoms with Gasteiger partial charge >= 0.3 is 5.97 Å². The Bertz CT molecular complexity index is 789. The van der Waals surface area contributed by atoms with Crippen LogP contribution in [0.2, 0.25) is 0 Å². The molecule has 0 spiro atoms. The van der Waals surface area contributed by atoms with Gasteiger partial charge in [-0.25, -0.2) is 0 Å². The molecule has 0 aliphatic heterocycles. The molecule has 5 heteroatoms. The zero-order chi connectivity index (χ0) is 17.9. The molecule has 2 aromatic rings. The number of carbonyl (C=O) groups is 2. The summed E-state index contributed by atoms with van der Waals surface area (Å²) in [6, 6.07) is 10.2. The molecule has 3 atom stereocenters. The summed E-state index contributed by atoms with van der Waals surface area (Å²) in [7, 11) is 0. The zero-order valence-corrected chi connectivity index (χ0v) is 14.6. The summed E-state index contributed by atoms with van der Waals surface area (Å²) >= 11 is 0. The Hall–Kier alpha value is -2.69. The number of hydrogen-bond acceptors (Lipinski definition) is 4. The van der Waals surface area contributed by atoms with Crippen LogP contribution in [0.1, 0.15) is 42.5 Å². The molecule has 0 unspecified atom stereocenters. The van der Waals surface area contributed by atoms with Gasteiger partial charge in [0.15, 0.2) is 0 Å². The number of nitrogens with zero attached hydrogens (tertiary/aromatic N) is 1. The highest BCUT2D eigenvalue weighted by Gasteiger charge is 2.40. The summed E-state index contributed by atoms with van der Waals surface area (Å²) in [4.78, 5) is 28.4. The SMILES string of the molecule is O=C(C[C@H]1C[C@H]2CC[C@H]1C2)Oc1ccc(C(=O)Nc2cccnc2)cc1. The van der Waals surface area contributed by atoms with Gasteiger partial charge in [0.2, 0.25) is 0 Å². The zero-order valence-electron chi connectivity index (χ0n) is 14.6. The average Bonchev–Trinajstić information content (AvgIpc) is 3.26. The molecule has 2 aliphatic carbocycles. The minimum atomic E-state index is -0.224. The van der Waals surface area contributed by atoms with Gasteiger partial charge in [-0.3, -0.25) is 14.6 Å². The lowest BCUT2D eigenvalue weighted by Crippen LogP contribution is -2.18. The number of amides is 1. The van der Waals surface area contributed by atoms with Crippen molar-refractivity contribution in [2.75, 3.05) is 5.32 Å². The predicted octanol–water partition coefficient (Wildman–Crippen LogP) is 4.07. The lowest BCUT2D eigenvalue weighted by Gasteiger charge is -2.20. The summed E-state index contributed by atoms with van der Waals surface area (Å²) in [5.74, 6) is 2.12. The standard InChI is InChI=1S/C21H22N2O3/c24-20(12-17-11-14-3-4-16(17)10-14)26-19-7-5-15(6-8-19)21(25)23-18-2-1-9-22-13-18/h1-2,5-9,13-14,16-17H,3-4,10-12H2,(H,23,25)/t14-,16-,17+/m0/s1. The number of rotatable bonds is 5. The third-order valence-corrected chi connectivity index (χ3v) is 5.58. The van der Waals surface area contributed by atoms with Crippen molar-refractivity contribution in [3.63, 3.8) is 0 Å². The quantitative estimate of drug-likeness (QED) is 0.652. The Morgan fingerprint density at radius 3 is 2.62 bits per heavy atom. The molecule has 4 rings (SSSR count). The molecule has 1 N–H and O–H groups in total. The van der Waals surface area contributed by atoms with Crippen molar-refractivity contribution in [2.45, 2.75) is 32.1 Å². The van der Waals surface area contributed by atoms with Gasteiger partial charge < -0.3 is 10.1 Å². The van der Waals surface area contributed by atoms with Gasteiger partial charge in [0.1, 0.15) is 5.75 Å². The highest BCUT2D eigenvalue weighted by Crippen LogP contribution is 2.49.